The summed E-state index contributed by atoms with van der Waals surface area (Å²) in [5, 5.41) is 12.5. The van der Waals surface area contributed by atoms with Crippen molar-refractivity contribution in [3.63, 3.8) is 0 Å². The second-order valence-electron chi connectivity index (χ2n) is 8.76. The van der Waals surface area contributed by atoms with Gasteiger partial charge in [-0.15, -0.1) is 0 Å². The lowest BCUT2D eigenvalue weighted by atomic mass is 9.87. The van der Waals surface area contributed by atoms with Gasteiger partial charge in [-0.2, -0.15) is 0 Å². The van der Waals surface area contributed by atoms with E-state index in [1.54, 1.807) is 12.1 Å². The molecule has 0 aliphatic carbocycles. The van der Waals surface area contributed by atoms with Crippen molar-refractivity contribution < 1.29 is 24.1 Å². The number of ether oxygens (including phenoxy) is 3. The highest BCUT2D eigenvalue weighted by atomic mass is 16.5. The van der Waals surface area contributed by atoms with Crippen molar-refractivity contribution in [1.82, 2.24) is 5.32 Å². The number of hydrogen-bond donors (Lipinski definition) is 2. The average Bonchev–Trinajstić information content (AvgIpc) is 2.91. The first-order valence-corrected chi connectivity index (χ1v) is 12.2. The molecule has 1 aliphatic rings. The smallest absolute Gasteiger partial charge is 0.335 e. The number of benzene rings is 3. The first-order chi connectivity index (χ1) is 17.2. The van der Waals surface area contributed by atoms with Crippen LogP contribution in [0.15, 0.2) is 78.9 Å². The molecule has 0 spiro atoms. The summed E-state index contributed by atoms with van der Waals surface area (Å²) in [5.74, 6) is 0.245. The zero-order chi connectivity index (χ0) is 24.3. The van der Waals surface area contributed by atoms with E-state index in [0.717, 1.165) is 37.2 Å². The lowest BCUT2D eigenvalue weighted by Gasteiger charge is -2.32. The van der Waals surface area contributed by atoms with Gasteiger partial charge in [-0.05, 0) is 53.9 Å². The summed E-state index contributed by atoms with van der Waals surface area (Å²) in [6, 6.07) is 25.4. The lowest BCUT2D eigenvalue weighted by molar-refractivity contribution is 0.0106. The maximum atomic E-state index is 11.0. The topological polar surface area (TPSA) is 77.0 Å². The average molecular weight is 476 g/mol. The molecule has 184 valence electrons. The number of carboxylic acid groups (broad SMARTS) is 1. The molecule has 3 aromatic rings. The summed E-state index contributed by atoms with van der Waals surface area (Å²) in [6.07, 6.45) is 1.89. The molecule has 0 bridgehead atoms. The Morgan fingerprint density at radius 3 is 2.37 bits per heavy atom. The quantitative estimate of drug-likeness (QED) is 0.358. The molecule has 0 amide bonds. The van der Waals surface area contributed by atoms with Gasteiger partial charge < -0.3 is 24.6 Å². The third kappa shape index (κ3) is 7.65. The number of hydrogen-bond acceptors (Lipinski definition) is 5. The highest BCUT2D eigenvalue weighted by molar-refractivity contribution is 5.87. The summed E-state index contributed by atoms with van der Waals surface area (Å²) in [7, 11) is 0. The van der Waals surface area contributed by atoms with E-state index in [-0.39, 0.29) is 11.7 Å². The lowest BCUT2D eigenvalue weighted by Crippen LogP contribution is -2.40. The van der Waals surface area contributed by atoms with Gasteiger partial charge in [0.1, 0.15) is 5.75 Å². The predicted octanol–water partition coefficient (Wildman–Crippen LogP) is 5.03. The maximum Gasteiger partial charge on any atom is 0.335 e. The number of nitrogens with one attached hydrogen (secondary N) is 1. The summed E-state index contributed by atoms with van der Waals surface area (Å²) in [4.78, 5) is 11.0. The van der Waals surface area contributed by atoms with Crippen LogP contribution in [0.1, 0.15) is 45.8 Å². The molecule has 6 heteroatoms. The molecular formula is C29H33NO5. The Kier molecular flexibility index (Phi) is 9.29. The van der Waals surface area contributed by atoms with Crippen molar-refractivity contribution in [3.8, 4) is 5.75 Å². The molecule has 1 saturated heterocycles. The number of aromatic carboxylic acids is 1. The maximum absolute atomic E-state index is 11.0. The van der Waals surface area contributed by atoms with Gasteiger partial charge >= 0.3 is 5.97 Å². The normalized spacial score (nSPS) is 17.7. The number of carboxylic acids is 1. The van der Waals surface area contributed by atoms with Crippen LogP contribution in [0.2, 0.25) is 0 Å². The summed E-state index contributed by atoms with van der Waals surface area (Å²) < 4.78 is 17.9. The van der Waals surface area contributed by atoms with Crippen LogP contribution in [0.3, 0.4) is 0 Å². The molecule has 0 aromatic heterocycles. The summed E-state index contributed by atoms with van der Waals surface area (Å²) >= 11 is 0. The van der Waals surface area contributed by atoms with E-state index in [2.05, 4.69) is 29.6 Å². The molecule has 2 N–H and O–H groups in total. The van der Waals surface area contributed by atoms with Crippen LogP contribution in [0.25, 0.3) is 0 Å². The predicted molar refractivity (Wildman–Crippen MR) is 135 cm³/mol. The first kappa shape index (κ1) is 24.9. The van der Waals surface area contributed by atoms with Gasteiger partial charge in [0, 0.05) is 18.9 Å². The summed E-state index contributed by atoms with van der Waals surface area (Å²) in [6.45, 7) is 4.12. The van der Waals surface area contributed by atoms with E-state index < -0.39 is 5.97 Å². The molecule has 6 nitrogen and oxygen atoms in total. The summed E-state index contributed by atoms with van der Waals surface area (Å²) in [5.41, 5.74) is 3.68. The van der Waals surface area contributed by atoms with Crippen molar-refractivity contribution in [3.05, 3.63) is 101 Å². The minimum Gasteiger partial charge on any atom is -0.494 e. The second kappa shape index (κ2) is 13.0. The molecule has 4 rings (SSSR count). The minimum absolute atomic E-state index is 0.0523. The monoisotopic (exact) mass is 475 g/mol. The van der Waals surface area contributed by atoms with Gasteiger partial charge in [0.2, 0.25) is 0 Å². The van der Waals surface area contributed by atoms with Crippen LogP contribution in [0.5, 0.6) is 5.75 Å². The van der Waals surface area contributed by atoms with Crippen LogP contribution in [0, 0.1) is 0 Å². The Morgan fingerprint density at radius 2 is 1.63 bits per heavy atom. The largest absolute Gasteiger partial charge is 0.494 e. The number of carbonyl (C=O) groups is 1. The van der Waals surface area contributed by atoms with Crippen molar-refractivity contribution >= 4 is 5.97 Å². The zero-order valence-corrected chi connectivity index (χ0v) is 19.9. The van der Waals surface area contributed by atoms with Gasteiger partial charge in [-0.3, -0.25) is 0 Å². The van der Waals surface area contributed by atoms with Crippen molar-refractivity contribution in [2.45, 2.75) is 38.1 Å². The van der Waals surface area contributed by atoms with E-state index in [1.807, 2.05) is 42.5 Å². The van der Waals surface area contributed by atoms with Crippen LogP contribution in [-0.4, -0.2) is 43.5 Å². The highest BCUT2D eigenvalue weighted by Gasteiger charge is 2.27. The Bertz CT molecular complexity index is 1040. The fourth-order valence-electron chi connectivity index (χ4n) is 4.26. The van der Waals surface area contributed by atoms with Gasteiger partial charge in [0.15, 0.2) is 0 Å². The Hall–Kier alpha value is -3.19. The molecule has 2 unspecified atom stereocenters. The molecule has 0 radical (unpaired) electrons. The molecule has 35 heavy (non-hydrogen) atoms. The Morgan fingerprint density at radius 1 is 0.886 bits per heavy atom. The minimum atomic E-state index is -0.919. The van der Waals surface area contributed by atoms with E-state index in [9.17, 15) is 4.79 Å². The van der Waals surface area contributed by atoms with E-state index in [1.165, 1.54) is 11.1 Å². The second-order valence-corrected chi connectivity index (χ2v) is 8.76. The Labute approximate surface area is 206 Å². The van der Waals surface area contributed by atoms with Crippen LogP contribution >= 0.6 is 0 Å². The standard InChI is InChI=1S/C29H33NO5/c31-29(32)25-9-7-23(8-10-25)21-35-28-19-30-16-15-27(28)24-11-13-26(14-12-24)34-18-4-17-33-20-22-5-2-1-3-6-22/h1-3,5-14,27-28,30H,4,15-21H2,(H,31,32). The fraction of sp³-hybridized carbons (Fsp3) is 0.345. The van der Waals surface area contributed by atoms with E-state index in [4.69, 9.17) is 19.3 Å². The van der Waals surface area contributed by atoms with Crippen molar-refractivity contribution in [2.24, 2.45) is 0 Å². The van der Waals surface area contributed by atoms with Crippen LogP contribution in [-0.2, 0) is 22.7 Å². The molecule has 2 atom stereocenters. The number of rotatable bonds is 12. The molecule has 1 aliphatic heterocycles. The zero-order valence-electron chi connectivity index (χ0n) is 19.9. The van der Waals surface area contributed by atoms with Crippen LogP contribution < -0.4 is 10.1 Å². The molecule has 1 heterocycles. The third-order valence-corrected chi connectivity index (χ3v) is 6.21. The highest BCUT2D eigenvalue weighted by Crippen LogP contribution is 2.29. The first-order valence-electron chi connectivity index (χ1n) is 12.2. The van der Waals surface area contributed by atoms with Crippen LogP contribution in [0.4, 0.5) is 0 Å². The molecular weight excluding hydrogens is 442 g/mol. The van der Waals surface area contributed by atoms with E-state index >= 15 is 0 Å². The van der Waals surface area contributed by atoms with Gasteiger partial charge in [0.05, 0.1) is 38.1 Å². The van der Waals surface area contributed by atoms with Gasteiger partial charge in [0.25, 0.3) is 0 Å². The molecule has 3 aromatic carbocycles. The Balaban J connectivity index is 1.21. The van der Waals surface area contributed by atoms with Crippen molar-refractivity contribution in [1.29, 1.82) is 0 Å². The van der Waals surface area contributed by atoms with Crippen molar-refractivity contribution in [2.75, 3.05) is 26.3 Å². The van der Waals surface area contributed by atoms with Gasteiger partial charge in [-0.1, -0.05) is 54.6 Å². The number of piperidine rings is 1. The molecule has 0 saturated carbocycles. The van der Waals surface area contributed by atoms with Gasteiger partial charge in [-0.25, -0.2) is 4.79 Å². The molecule has 1 fully saturated rings. The third-order valence-electron chi connectivity index (χ3n) is 6.21. The van der Waals surface area contributed by atoms with E-state index in [0.29, 0.717) is 32.3 Å². The fourth-order valence-corrected chi connectivity index (χ4v) is 4.26. The SMILES string of the molecule is O=C(O)c1ccc(COC2CNCCC2c2ccc(OCCCOCc3ccccc3)cc2)cc1.